The molecule has 1 aromatic carbocycles. The Labute approximate surface area is 117 Å². The van der Waals surface area contributed by atoms with Crippen LogP contribution < -0.4 is 0 Å². The Kier molecular flexibility index (Phi) is 3.90. The second-order valence-corrected chi connectivity index (χ2v) is 5.28. The van der Waals surface area contributed by atoms with Crippen molar-refractivity contribution >= 4 is 5.91 Å². The molecule has 2 aromatic rings. The number of likely N-dealkylation sites (N-methyl/N-ethyl adjacent to an activating group) is 1. The number of aliphatic hydroxyl groups excluding tert-OH is 1. The Morgan fingerprint density at radius 1 is 1.35 bits per heavy atom. The van der Waals surface area contributed by atoms with Crippen molar-refractivity contribution < 1.29 is 14.4 Å². The van der Waals surface area contributed by atoms with Crippen LogP contribution in [0.1, 0.15) is 24.3 Å². The molecule has 0 atom stereocenters. The summed E-state index contributed by atoms with van der Waals surface area (Å²) in [6, 6.07) is 11.1. The summed E-state index contributed by atoms with van der Waals surface area (Å²) in [4.78, 5) is 13.7. The van der Waals surface area contributed by atoms with Crippen molar-refractivity contribution in [2.45, 2.75) is 19.4 Å². The molecule has 0 aliphatic carbocycles. The molecular weight excluding hydrogens is 256 g/mol. The first kappa shape index (κ1) is 14.3. The molecule has 0 spiro atoms. The fourth-order valence-corrected chi connectivity index (χ4v) is 1.67. The van der Waals surface area contributed by atoms with Crippen LogP contribution in [-0.2, 0) is 0 Å². The normalized spacial score (nSPS) is 11.4. The van der Waals surface area contributed by atoms with Crippen molar-refractivity contribution in [2.24, 2.45) is 0 Å². The van der Waals surface area contributed by atoms with Gasteiger partial charge in [-0.2, -0.15) is 0 Å². The van der Waals surface area contributed by atoms with E-state index in [1.54, 1.807) is 27.0 Å². The molecule has 0 saturated heterocycles. The van der Waals surface area contributed by atoms with Gasteiger partial charge in [-0.05, 0) is 13.8 Å². The number of aliphatic hydroxyl groups is 1. The van der Waals surface area contributed by atoms with Crippen molar-refractivity contribution in [2.75, 3.05) is 13.7 Å². The fraction of sp³-hybridized carbons (Fsp3) is 0.333. The highest BCUT2D eigenvalue weighted by molar-refractivity contribution is 5.93. The zero-order valence-corrected chi connectivity index (χ0v) is 11.8. The molecule has 106 valence electrons. The van der Waals surface area contributed by atoms with Crippen LogP contribution in [0, 0.1) is 0 Å². The van der Waals surface area contributed by atoms with Crippen LogP contribution in [0.4, 0.5) is 0 Å². The Balaban J connectivity index is 2.23. The lowest BCUT2D eigenvalue weighted by atomic mass is 10.0. The van der Waals surface area contributed by atoms with Crippen molar-refractivity contribution in [1.29, 1.82) is 0 Å². The second-order valence-electron chi connectivity index (χ2n) is 5.28. The lowest BCUT2D eigenvalue weighted by molar-refractivity contribution is 0.0464. The molecule has 0 radical (unpaired) electrons. The van der Waals surface area contributed by atoms with E-state index >= 15 is 0 Å². The molecule has 2 rings (SSSR count). The van der Waals surface area contributed by atoms with Crippen LogP contribution in [0.2, 0.25) is 0 Å². The molecule has 0 bridgehead atoms. The fourth-order valence-electron chi connectivity index (χ4n) is 1.67. The maximum Gasteiger partial charge on any atom is 0.276 e. The van der Waals surface area contributed by atoms with Crippen LogP contribution >= 0.6 is 0 Å². The zero-order valence-electron chi connectivity index (χ0n) is 11.8. The highest BCUT2D eigenvalue weighted by atomic mass is 16.5. The highest BCUT2D eigenvalue weighted by Gasteiger charge is 2.29. The number of hydrogen-bond acceptors (Lipinski definition) is 4. The second kappa shape index (κ2) is 5.46. The van der Waals surface area contributed by atoms with Crippen molar-refractivity contribution in [1.82, 2.24) is 10.1 Å². The lowest BCUT2D eigenvalue weighted by Gasteiger charge is -2.33. The van der Waals surface area contributed by atoms with E-state index in [4.69, 9.17) is 4.52 Å². The van der Waals surface area contributed by atoms with Gasteiger partial charge in [0.25, 0.3) is 5.91 Å². The molecular formula is C15H18N2O3. The van der Waals surface area contributed by atoms with E-state index in [9.17, 15) is 9.90 Å². The van der Waals surface area contributed by atoms with Gasteiger partial charge in [-0.15, -0.1) is 0 Å². The van der Waals surface area contributed by atoms with E-state index in [0.29, 0.717) is 5.76 Å². The molecule has 1 aromatic heterocycles. The van der Waals surface area contributed by atoms with E-state index in [1.165, 1.54) is 4.90 Å². The summed E-state index contributed by atoms with van der Waals surface area (Å²) < 4.78 is 5.21. The Hall–Kier alpha value is -2.14. The van der Waals surface area contributed by atoms with Gasteiger partial charge in [-0.1, -0.05) is 35.5 Å². The van der Waals surface area contributed by atoms with Gasteiger partial charge in [0.15, 0.2) is 11.5 Å². The van der Waals surface area contributed by atoms with Gasteiger partial charge in [0.2, 0.25) is 0 Å². The molecule has 5 nitrogen and oxygen atoms in total. The predicted molar refractivity (Wildman–Crippen MR) is 75.2 cm³/mol. The summed E-state index contributed by atoms with van der Waals surface area (Å²) >= 11 is 0. The van der Waals surface area contributed by atoms with E-state index < -0.39 is 5.54 Å². The molecule has 0 aliphatic rings. The van der Waals surface area contributed by atoms with Crippen LogP contribution in [-0.4, -0.2) is 40.3 Å². The van der Waals surface area contributed by atoms with Crippen molar-refractivity contribution in [3.63, 3.8) is 0 Å². The third kappa shape index (κ3) is 2.72. The lowest BCUT2D eigenvalue weighted by Crippen LogP contribution is -2.47. The first-order valence-corrected chi connectivity index (χ1v) is 6.37. The summed E-state index contributed by atoms with van der Waals surface area (Å²) in [5, 5.41) is 13.1. The van der Waals surface area contributed by atoms with Crippen LogP contribution in [0.15, 0.2) is 40.9 Å². The van der Waals surface area contributed by atoms with Gasteiger partial charge in [0.1, 0.15) is 0 Å². The third-order valence-corrected chi connectivity index (χ3v) is 3.39. The molecule has 0 unspecified atom stereocenters. The van der Waals surface area contributed by atoms with Crippen LogP contribution in [0.3, 0.4) is 0 Å². The van der Waals surface area contributed by atoms with Crippen LogP contribution in [0.25, 0.3) is 11.3 Å². The van der Waals surface area contributed by atoms with Gasteiger partial charge in [-0.25, -0.2) is 0 Å². The summed E-state index contributed by atoms with van der Waals surface area (Å²) in [6.45, 7) is 3.44. The number of rotatable bonds is 4. The van der Waals surface area contributed by atoms with Gasteiger partial charge in [-0.3, -0.25) is 4.79 Å². The minimum absolute atomic E-state index is 0.126. The maximum atomic E-state index is 12.3. The summed E-state index contributed by atoms with van der Waals surface area (Å²) in [7, 11) is 1.63. The standard InChI is InChI=1S/C15H18N2O3/c1-15(2,10-18)17(3)14(19)12-9-13(20-16-12)11-7-5-4-6-8-11/h4-9,18H,10H2,1-3H3. The highest BCUT2D eigenvalue weighted by Crippen LogP contribution is 2.21. The van der Waals surface area contributed by atoms with E-state index in [1.807, 2.05) is 30.3 Å². The van der Waals surface area contributed by atoms with Gasteiger partial charge in [0.05, 0.1) is 12.1 Å². The SMILES string of the molecule is CN(C(=O)c1cc(-c2ccccc2)on1)C(C)(C)CO. The number of carbonyl (C=O) groups is 1. The molecule has 0 fully saturated rings. The number of hydrogen-bond donors (Lipinski definition) is 1. The van der Waals surface area contributed by atoms with Crippen molar-refractivity contribution in [3.8, 4) is 11.3 Å². The third-order valence-electron chi connectivity index (χ3n) is 3.39. The Bertz CT molecular complexity index is 590. The first-order chi connectivity index (χ1) is 9.45. The van der Waals surface area contributed by atoms with E-state index in [-0.39, 0.29) is 18.2 Å². The quantitative estimate of drug-likeness (QED) is 0.928. The summed E-state index contributed by atoms with van der Waals surface area (Å²) in [6.07, 6.45) is 0. The Morgan fingerprint density at radius 3 is 2.60 bits per heavy atom. The summed E-state index contributed by atoms with van der Waals surface area (Å²) in [5.74, 6) is 0.263. The first-order valence-electron chi connectivity index (χ1n) is 6.37. The minimum Gasteiger partial charge on any atom is -0.394 e. The monoisotopic (exact) mass is 274 g/mol. The van der Waals surface area contributed by atoms with E-state index in [0.717, 1.165) is 5.56 Å². The molecule has 20 heavy (non-hydrogen) atoms. The molecule has 1 N–H and O–H groups in total. The van der Waals surface area contributed by atoms with Gasteiger partial charge in [0, 0.05) is 18.7 Å². The molecule has 1 amide bonds. The summed E-state index contributed by atoms with van der Waals surface area (Å²) in [5.41, 5.74) is 0.444. The van der Waals surface area contributed by atoms with Crippen LogP contribution in [0.5, 0.6) is 0 Å². The average molecular weight is 274 g/mol. The maximum absolute atomic E-state index is 12.3. The van der Waals surface area contributed by atoms with E-state index in [2.05, 4.69) is 5.16 Å². The number of aromatic nitrogens is 1. The number of benzene rings is 1. The average Bonchev–Trinajstić information content (AvgIpc) is 2.96. The predicted octanol–water partition coefficient (Wildman–Crippen LogP) is 2.18. The van der Waals surface area contributed by atoms with Gasteiger partial charge >= 0.3 is 0 Å². The number of carbonyl (C=O) groups excluding carboxylic acids is 1. The molecule has 0 aliphatic heterocycles. The molecule has 0 saturated carbocycles. The smallest absolute Gasteiger partial charge is 0.276 e. The zero-order chi connectivity index (χ0) is 14.8. The minimum atomic E-state index is -0.650. The number of amides is 1. The molecule has 1 heterocycles. The molecule has 5 heteroatoms. The van der Waals surface area contributed by atoms with Crippen molar-refractivity contribution in [3.05, 3.63) is 42.1 Å². The van der Waals surface area contributed by atoms with Gasteiger partial charge < -0.3 is 14.5 Å². The Morgan fingerprint density at radius 2 is 2.00 bits per heavy atom. The largest absolute Gasteiger partial charge is 0.394 e. The topological polar surface area (TPSA) is 66.6 Å². The number of nitrogens with zero attached hydrogens (tertiary/aromatic N) is 2.